The Balaban J connectivity index is 2.07. The molecule has 126 valence electrons. The number of pyridine rings is 1. The first-order chi connectivity index (χ1) is 11.1. The van der Waals surface area contributed by atoms with E-state index in [4.69, 9.17) is 11.6 Å². The highest BCUT2D eigenvalue weighted by Crippen LogP contribution is 2.32. The highest BCUT2D eigenvalue weighted by Gasteiger charge is 2.12. The Hall–Kier alpha value is -1.32. The van der Waals surface area contributed by atoms with Crippen molar-refractivity contribution >= 4 is 28.2 Å². The average molecular weight is 334 g/mol. The van der Waals surface area contributed by atoms with Crippen LogP contribution in [0, 0.1) is 6.92 Å². The normalized spacial score (nSPS) is 12.8. The molecular weight excluding hydrogens is 306 g/mol. The molecule has 23 heavy (non-hydrogen) atoms. The van der Waals surface area contributed by atoms with Crippen LogP contribution in [-0.4, -0.2) is 35.6 Å². The molecule has 0 saturated heterocycles. The maximum absolute atomic E-state index is 6.41. The second-order valence-electron chi connectivity index (χ2n) is 6.16. The van der Waals surface area contributed by atoms with E-state index in [2.05, 4.69) is 42.9 Å². The summed E-state index contributed by atoms with van der Waals surface area (Å²) in [5.41, 5.74) is 3.21. The van der Waals surface area contributed by atoms with E-state index < -0.39 is 0 Å². The number of aryl methyl sites for hydroxylation is 1. The number of nitrogens with zero attached hydrogens (tertiary/aromatic N) is 2. The third-order valence-electron chi connectivity index (χ3n) is 4.43. The molecule has 1 atom stereocenters. The van der Waals surface area contributed by atoms with E-state index in [1.54, 1.807) is 0 Å². The number of rotatable bonds is 8. The van der Waals surface area contributed by atoms with Crippen molar-refractivity contribution in [1.82, 2.24) is 9.88 Å². The number of anilines is 1. The van der Waals surface area contributed by atoms with Crippen LogP contribution >= 0.6 is 11.6 Å². The van der Waals surface area contributed by atoms with E-state index in [1.165, 1.54) is 6.42 Å². The highest BCUT2D eigenvalue weighted by atomic mass is 35.5. The molecule has 1 aromatic carbocycles. The van der Waals surface area contributed by atoms with Gasteiger partial charge in [-0.1, -0.05) is 31.5 Å². The second-order valence-corrected chi connectivity index (χ2v) is 6.57. The standard InChI is InChI=1S/C19H28ClN3/c1-5-23(6-2)12-8-9-15(4)22-19-14(3)13-21-17-11-7-10-16(20)18(17)19/h7,10-11,13,15H,5-6,8-9,12H2,1-4H3,(H,21,22). The van der Waals surface area contributed by atoms with Gasteiger partial charge in [0.1, 0.15) is 0 Å². The molecule has 3 nitrogen and oxygen atoms in total. The van der Waals surface area contributed by atoms with Crippen LogP contribution in [0.25, 0.3) is 10.9 Å². The molecule has 0 aliphatic carbocycles. The smallest absolute Gasteiger partial charge is 0.0738 e. The van der Waals surface area contributed by atoms with Crippen LogP contribution in [0.4, 0.5) is 5.69 Å². The van der Waals surface area contributed by atoms with Crippen LogP contribution in [-0.2, 0) is 0 Å². The van der Waals surface area contributed by atoms with Crippen molar-refractivity contribution in [3.8, 4) is 0 Å². The SMILES string of the molecule is CCN(CC)CCCC(C)Nc1c(C)cnc2cccc(Cl)c12. The minimum atomic E-state index is 0.408. The number of benzene rings is 1. The lowest BCUT2D eigenvalue weighted by Gasteiger charge is -2.22. The predicted octanol–water partition coefficient (Wildman–Crippen LogP) is 5.12. The summed E-state index contributed by atoms with van der Waals surface area (Å²) in [6, 6.07) is 6.30. The van der Waals surface area contributed by atoms with Gasteiger partial charge in [-0.05, 0) is 64.0 Å². The number of halogens is 1. The molecule has 0 fully saturated rings. The fraction of sp³-hybridized carbons (Fsp3) is 0.526. The number of aromatic nitrogens is 1. The van der Waals surface area contributed by atoms with Crippen molar-refractivity contribution in [2.75, 3.05) is 25.0 Å². The molecule has 1 heterocycles. The zero-order valence-electron chi connectivity index (χ0n) is 14.7. The molecule has 0 bridgehead atoms. The topological polar surface area (TPSA) is 28.2 Å². The van der Waals surface area contributed by atoms with Gasteiger partial charge in [0, 0.05) is 23.3 Å². The van der Waals surface area contributed by atoms with Crippen LogP contribution in [0.3, 0.4) is 0 Å². The summed E-state index contributed by atoms with van der Waals surface area (Å²) in [7, 11) is 0. The summed E-state index contributed by atoms with van der Waals surface area (Å²) in [6.45, 7) is 12.2. The Labute approximate surface area is 145 Å². The van der Waals surface area contributed by atoms with Crippen molar-refractivity contribution in [2.24, 2.45) is 0 Å². The monoisotopic (exact) mass is 333 g/mol. The van der Waals surface area contributed by atoms with Crippen LogP contribution in [0.1, 0.15) is 39.2 Å². The Morgan fingerprint density at radius 3 is 2.70 bits per heavy atom. The summed E-state index contributed by atoms with van der Waals surface area (Å²) in [5.74, 6) is 0. The summed E-state index contributed by atoms with van der Waals surface area (Å²) in [4.78, 5) is 6.95. The summed E-state index contributed by atoms with van der Waals surface area (Å²) < 4.78 is 0. The molecule has 0 amide bonds. The van der Waals surface area contributed by atoms with Gasteiger partial charge >= 0.3 is 0 Å². The van der Waals surface area contributed by atoms with Crippen molar-refractivity contribution in [1.29, 1.82) is 0 Å². The third-order valence-corrected chi connectivity index (χ3v) is 4.74. The van der Waals surface area contributed by atoms with Gasteiger partial charge in [0.15, 0.2) is 0 Å². The number of hydrogen-bond donors (Lipinski definition) is 1. The molecule has 0 aliphatic rings. The number of hydrogen-bond acceptors (Lipinski definition) is 3. The maximum Gasteiger partial charge on any atom is 0.0738 e. The Morgan fingerprint density at radius 2 is 2.00 bits per heavy atom. The summed E-state index contributed by atoms with van der Waals surface area (Å²) in [6.07, 6.45) is 4.26. The van der Waals surface area contributed by atoms with Gasteiger partial charge in [0.05, 0.1) is 10.5 Å². The van der Waals surface area contributed by atoms with E-state index in [0.29, 0.717) is 6.04 Å². The maximum atomic E-state index is 6.41. The summed E-state index contributed by atoms with van der Waals surface area (Å²) >= 11 is 6.41. The minimum Gasteiger partial charge on any atom is -0.382 e. The van der Waals surface area contributed by atoms with E-state index in [9.17, 15) is 0 Å². The third kappa shape index (κ3) is 4.58. The molecule has 0 saturated carbocycles. The van der Waals surface area contributed by atoms with Gasteiger partial charge in [0.25, 0.3) is 0 Å². The van der Waals surface area contributed by atoms with Crippen molar-refractivity contribution in [3.05, 3.63) is 35.0 Å². The first-order valence-corrected chi connectivity index (χ1v) is 8.97. The molecule has 1 N–H and O–H groups in total. The van der Waals surface area contributed by atoms with Gasteiger partial charge < -0.3 is 10.2 Å². The summed E-state index contributed by atoms with van der Waals surface area (Å²) in [5, 5.41) is 5.45. The molecule has 4 heteroatoms. The molecule has 2 aromatic rings. The lowest BCUT2D eigenvalue weighted by molar-refractivity contribution is 0.295. The van der Waals surface area contributed by atoms with Crippen molar-refractivity contribution in [3.63, 3.8) is 0 Å². The van der Waals surface area contributed by atoms with E-state index in [1.807, 2.05) is 24.4 Å². The van der Waals surface area contributed by atoms with Gasteiger partial charge in [-0.3, -0.25) is 4.98 Å². The van der Waals surface area contributed by atoms with Crippen molar-refractivity contribution in [2.45, 2.75) is 46.6 Å². The first kappa shape index (κ1) is 18.0. The average Bonchev–Trinajstić information content (AvgIpc) is 2.54. The van der Waals surface area contributed by atoms with Gasteiger partial charge in [-0.25, -0.2) is 0 Å². The Morgan fingerprint density at radius 1 is 1.26 bits per heavy atom. The minimum absolute atomic E-state index is 0.408. The largest absolute Gasteiger partial charge is 0.382 e. The first-order valence-electron chi connectivity index (χ1n) is 8.59. The van der Waals surface area contributed by atoms with Crippen molar-refractivity contribution < 1.29 is 0 Å². The van der Waals surface area contributed by atoms with E-state index in [-0.39, 0.29) is 0 Å². The Bertz CT molecular complexity index is 638. The fourth-order valence-electron chi connectivity index (χ4n) is 2.96. The number of fused-ring (bicyclic) bond motifs is 1. The number of nitrogens with one attached hydrogen (secondary N) is 1. The predicted molar refractivity (Wildman–Crippen MR) is 102 cm³/mol. The fourth-order valence-corrected chi connectivity index (χ4v) is 3.23. The van der Waals surface area contributed by atoms with E-state index >= 15 is 0 Å². The zero-order chi connectivity index (χ0) is 16.8. The molecule has 0 radical (unpaired) electrons. The molecular formula is C19H28ClN3. The second kappa shape index (κ2) is 8.51. The zero-order valence-corrected chi connectivity index (χ0v) is 15.5. The highest BCUT2D eigenvalue weighted by molar-refractivity contribution is 6.36. The molecule has 1 unspecified atom stereocenters. The Kier molecular flexibility index (Phi) is 6.67. The van der Waals surface area contributed by atoms with Crippen LogP contribution in [0.2, 0.25) is 5.02 Å². The van der Waals surface area contributed by atoms with Crippen LogP contribution in [0.5, 0.6) is 0 Å². The quantitative estimate of drug-likeness (QED) is 0.726. The van der Waals surface area contributed by atoms with Crippen LogP contribution < -0.4 is 5.32 Å². The molecule has 0 aliphatic heterocycles. The lowest BCUT2D eigenvalue weighted by atomic mass is 10.1. The molecule has 0 spiro atoms. The van der Waals surface area contributed by atoms with Gasteiger partial charge in [-0.15, -0.1) is 0 Å². The lowest BCUT2D eigenvalue weighted by Crippen LogP contribution is -2.25. The molecule has 1 aromatic heterocycles. The van der Waals surface area contributed by atoms with Gasteiger partial charge in [0.2, 0.25) is 0 Å². The van der Waals surface area contributed by atoms with E-state index in [0.717, 1.165) is 53.2 Å². The van der Waals surface area contributed by atoms with Gasteiger partial charge in [-0.2, -0.15) is 0 Å². The molecule has 2 rings (SSSR count). The van der Waals surface area contributed by atoms with Crippen LogP contribution in [0.15, 0.2) is 24.4 Å².